The predicted molar refractivity (Wildman–Crippen MR) is 66.1 cm³/mol. The molecule has 1 heterocycles. The Bertz CT molecular complexity index is 320. The smallest absolute Gasteiger partial charge is 0.216 e. The average molecular weight is 239 g/mol. The Balaban J connectivity index is 2.66. The van der Waals surface area contributed by atoms with E-state index < -0.39 is 0 Å². The molecule has 0 saturated heterocycles. The van der Waals surface area contributed by atoms with Gasteiger partial charge in [0.05, 0.1) is 12.8 Å². The lowest BCUT2D eigenvalue weighted by molar-refractivity contribution is 0.188. The molecule has 0 amide bonds. The average Bonchev–Trinajstić information content (AvgIpc) is 2.38. The van der Waals surface area contributed by atoms with Crippen LogP contribution in [0.4, 0.5) is 0 Å². The first-order valence-electron chi connectivity index (χ1n) is 5.90. The second-order valence-electron chi connectivity index (χ2n) is 3.73. The molecule has 0 spiro atoms. The van der Waals surface area contributed by atoms with Gasteiger partial charge in [0.25, 0.3) is 0 Å². The molecule has 5 nitrogen and oxygen atoms in total. The maximum absolute atomic E-state index is 5.11. The molecule has 5 heteroatoms. The first kappa shape index (κ1) is 13.9. The van der Waals surface area contributed by atoms with E-state index in [1.165, 1.54) is 6.33 Å². The molecule has 0 radical (unpaired) electrons. The topological polar surface area (TPSA) is 56.3 Å². The van der Waals surface area contributed by atoms with Crippen molar-refractivity contribution in [2.45, 2.75) is 25.8 Å². The molecule has 1 N–H and O–H groups in total. The van der Waals surface area contributed by atoms with Crippen LogP contribution in [0.25, 0.3) is 0 Å². The van der Waals surface area contributed by atoms with E-state index in [-0.39, 0.29) is 6.04 Å². The third-order valence-electron chi connectivity index (χ3n) is 2.52. The molecule has 0 saturated carbocycles. The highest BCUT2D eigenvalue weighted by atomic mass is 16.5. The molecule has 0 bridgehead atoms. The first-order valence-corrected chi connectivity index (χ1v) is 5.90. The van der Waals surface area contributed by atoms with Crippen molar-refractivity contribution in [2.24, 2.45) is 0 Å². The van der Waals surface area contributed by atoms with E-state index >= 15 is 0 Å². The van der Waals surface area contributed by atoms with Crippen molar-refractivity contribution in [3.8, 4) is 5.88 Å². The van der Waals surface area contributed by atoms with Crippen LogP contribution >= 0.6 is 0 Å². The minimum absolute atomic E-state index is 0.229. The second-order valence-corrected chi connectivity index (χ2v) is 3.73. The molecule has 96 valence electrons. The molecule has 17 heavy (non-hydrogen) atoms. The van der Waals surface area contributed by atoms with Crippen molar-refractivity contribution >= 4 is 0 Å². The van der Waals surface area contributed by atoms with E-state index in [0.717, 1.165) is 31.7 Å². The largest absolute Gasteiger partial charge is 0.481 e. The number of methoxy groups -OCH3 is 2. The number of ether oxygens (including phenoxy) is 2. The second kappa shape index (κ2) is 7.97. The molecule has 1 rings (SSSR count). The summed E-state index contributed by atoms with van der Waals surface area (Å²) in [5.74, 6) is 0.602. The van der Waals surface area contributed by atoms with Crippen molar-refractivity contribution in [3.05, 3.63) is 18.1 Å². The predicted octanol–water partition coefficient (Wildman–Crippen LogP) is 1.56. The van der Waals surface area contributed by atoms with Crippen LogP contribution in [0.15, 0.2) is 12.4 Å². The summed E-state index contributed by atoms with van der Waals surface area (Å²) in [7, 11) is 3.33. The summed E-state index contributed by atoms with van der Waals surface area (Å²) in [4.78, 5) is 8.30. The van der Waals surface area contributed by atoms with Crippen molar-refractivity contribution in [1.29, 1.82) is 0 Å². The lowest BCUT2D eigenvalue weighted by Gasteiger charge is -2.17. The van der Waals surface area contributed by atoms with E-state index in [4.69, 9.17) is 9.47 Å². The van der Waals surface area contributed by atoms with E-state index in [0.29, 0.717) is 5.88 Å². The zero-order valence-electron chi connectivity index (χ0n) is 10.8. The minimum atomic E-state index is 0.229. The zero-order chi connectivity index (χ0) is 12.5. The van der Waals surface area contributed by atoms with Gasteiger partial charge in [0.15, 0.2) is 0 Å². The Kier molecular flexibility index (Phi) is 6.50. The highest BCUT2D eigenvalue weighted by Gasteiger charge is 2.12. The van der Waals surface area contributed by atoms with Gasteiger partial charge >= 0.3 is 0 Å². The Morgan fingerprint density at radius 3 is 2.82 bits per heavy atom. The van der Waals surface area contributed by atoms with Crippen LogP contribution in [0.3, 0.4) is 0 Å². The van der Waals surface area contributed by atoms with E-state index in [9.17, 15) is 0 Å². The van der Waals surface area contributed by atoms with Crippen LogP contribution in [-0.4, -0.2) is 37.3 Å². The number of hydrogen-bond acceptors (Lipinski definition) is 5. The minimum Gasteiger partial charge on any atom is -0.481 e. The van der Waals surface area contributed by atoms with E-state index in [1.807, 2.05) is 6.07 Å². The number of hydrogen-bond donors (Lipinski definition) is 1. The fourth-order valence-electron chi connectivity index (χ4n) is 1.69. The molecule has 1 aromatic heterocycles. The summed E-state index contributed by atoms with van der Waals surface area (Å²) >= 11 is 0. The highest BCUT2D eigenvalue weighted by molar-refractivity contribution is 5.16. The van der Waals surface area contributed by atoms with Crippen LogP contribution in [0.1, 0.15) is 31.5 Å². The Morgan fingerprint density at radius 1 is 1.35 bits per heavy atom. The molecule has 0 fully saturated rings. The van der Waals surface area contributed by atoms with E-state index in [2.05, 4.69) is 22.2 Å². The molecular weight excluding hydrogens is 218 g/mol. The van der Waals surface area contributed by atoms with Crippen molar-refractivity contribution < 1.29 is 9.47 Å². The zero-order valence-corrected chi connectivity index (χ0v) is 10.8. The van der Waals surface area contributed by atoms with Crippen molar-refractivity contribution in [2.75, 3.05) is 27.4 Å². The molecule has 1 aromatic rings. The van der Waals surface area contributed by atoms with Gasteiger partial charge in [-0.1, -0.05) is 6.92 Å². The maximum atomic E-state index is 5.11. The molecule has 0 aliphatic carbocycles. The Labute approximate surface area is 103 Å². The maximum Gasteiger partial charge on any atom is 0.216 e. The van der Waals surface area contributed by atoms with Crippen LogP contribution in [0.2, 0.25) is 0 Å². The van der Waals surface area contributed by atoms with Gasteiger partial charge < -0.3 is 14.8 Å². The number of aromatic nitrogens is 2. The van der Waals surface area contributed by atoms with Crippen LogP contribution < -0.4 is 10.1 Å². The summed E-state index contributed by atoms with van der Waals surface area (Å²) in [6, 6.07) is 2.10. The third-order valence-corrected chi connectivity index (χ3v) is 2.52. The number of rotatable bonds is 8. The Morgan fingerprint density at radius 2 is 2.18 bits per heavy atom. The van der Waals surface area contributed by atoms with Crippen molar-refractivity contribution in [1.82, 2.24) is 15.3 Å². The van der Waals surface area contributed by atoms with Gasteiger partial charge in [-0.05, 0) is 19.4 Å². The van der Waals surface area contributed by atoms with Gasteiger partial charge in [-0.2, -0.15) is 0 Å². The third kappa shape index (κ3) is 4.66. The summed E-state index contributed by atoms with van der Waals surface area (Å²) in [5, 5.41) is 3.41. The molecule has 0 aromatic carbocycles. The van der Waals surface area contributed by atoms with Gasteiger partial charge in [0, 0.05) is 25.8 Å². The first-order chi connectivity index (χ1) is 8.31. The fraction of sp³-hybridized carbons (Fsp3) is 0.667. The molecule has 0 aliphatic rings. The summed E-state index contributed by atoms with van der Waals surface area (Å²) < 4.78 is 10.2. The molecule has 0 aliphatic heterocycles. The van der Waals surface area contributed by atoms with Gasteiger partial charge in [-0.25, -0.2) is 9.97 Å². The lowest BCUT2D eigenvalue weighted by atomic mass is 10.1. The molecular formula is C12H21N3O2. The SMILES string of the molecule is CCNC(CCCOC)c1cc(OC)ncn1. The van der Waals surface area contributed by atoms with Gasteiger partial charge in [-0.3, -0.25) is 0 Å². The number of nitrogens with zero attached hydrogens (tertiary/aromatic N) is 2. The summed E-state index contributed by atoms with van der Waals surface area (Å²) in [5.41, 5.74) is 0.967. The van der Waals surface area contributed by atoms with Crippen LogP contribution in [0.5, 0.6) is 5.88 Å². The highest BCUT2D eigenvalue weighted by Crippen LogP contribution is 2.18. The molecule has 1 atom stereocenters. The number of nitrogens with one attached hydrogen (secondary N) is 1. The lowest BCUT2D eigenvalue weighted by Crippen LogP contribution is -2.22. The van der Waals surface area contributed by atoms with Crippen molar-refractivity contribution in [3.63, 3.8) is 0 Å². The quantitative estimate of drug-likeness (QED) is 0.698. The fourth-order valence-corrected chi connectivity index (χ4v) is 1.69. The summed E-state index contributed by atoms with van der Waals surface area (Å²) in [6.07, 6.45) is 3.52. The molecule has 1 unspecified atom stereocenters. The van der Waals surface area contributed by atoms with Crippen LogP contribution in [-0.2, 0) is 4.74 Å². The van der Waals surface area contributed by atoms with Gasteiger partial charge in [-0.15, -0.1) is 0 Å². The van der Waals surface area contributed by atoms with Gasteiger partial charge in [0.1, 0.15) is 6.33 Å². The van der Waals surface area contributed by atoms with E-state index in [1.54, 1.807) is 14.2 Å². The Hall–Kier alpha value is -1.20. The standard InChI is InChI=1S/C12H21N3O2/c1-4-13-10(6-5-7-16-2)11-8-12(17-3)15-9-14-11/h8-10,13H,4-7H2,1-3H3. The van der Waals surface area contributed by atoms with Crippen LogP contribution in [0, 0.1) is 0 Å². The normalized spacial score (nSPS) is 12.4. The monoisotopic (exact) mass is 239 g/mol. The summed E-state index contributed by atoms with van der Waals surface area (Å²) in [6.45, 7) is 3.76. The van der Waals surface area contributed by atoms with Gasteiger partial charge in [0.2, 0.25) is 5.88 Å².